The lowest BCUT2D eigenvalue weighted by atomic mass is 10.1. The predicted octanol–water partition coefficient (Wildman–Crippen LogP) is 6.18. The molecule has 1 aliphatic rings. The van der Waals surface area contributed by atoms with Crippen LogP contribution in [0, 0.1) is 0 Å². The highest BCUT2D eigenvalue weighted by Crippen LogP contribution is 2.36. The lowest BCUT2D eigenvalue weighted by molar-refractivity contribution is -0.138. The first kappa shape index (κ1) is 37.5. The summed E-state index contributed by atoms with van der Waals surface area (Å²) >= 11 is 2.93. The largest absolute Gasteiger partial charge is 0.492 e. The van der Waals surface area contributed by atoms with Crippen LogP contribution in [-0.4, -0.2) is 73.5 Å². The molecule has 0 fully saturated rings. The Morgan fingerprint density at radius 1 is 1.04 bits per heavy atom. The number of halogens is 4. The molecular weight excluding hydrogens is 755 g/mol. The van der Waals surface area contributed by atoms with E-state index < -0.39 is 35.3 Å². The number of aromatic nitrogens is 4. The third kappa shape index (κ3) is 7.90. The molecule has 1 aliphatic heterocycles. The Bertz CT molecular complexity index is 2190. The van der Waals surface area contributed by atoms with E-state index in [2.05, 4.69) is 31.2 Å². The lowest BCUT2D eigenvalue weighted by Gasteiger charge is -2.34. The SMILES string of the molecule is C[C@H](COc1ccc(-n2c(C(=O)NCc3ccccc3-c3ncccn3)c3n(c2=O)C[C@H](C)N(C(=O)c2ccc(Br)c(C(F)(F)F)c2)C3)cc1)N(C)C. The van der Waals surface area contributed by atoms with Crippen molar-refractivity contribution in [2.24, 2.45) is 0 Å². The van der Waals surface area contributed by atoms with Crippen molar-refractivity contribution in [3.63, 3.8) is 0 Å². The van der Waals surface area contributed by atoms with Gasteiger partial charge in [0, 0.05) is 53.2 Å². The number of hydrogen-bond donors (Lipinski definition) is 1. The van der Waals surface area contributed by atoms with Gasteiger partial charge in [0.2, 0.25) is 0 Å². The number of ether oxygens (including phenoxy) is 1. The number of nitrogens with one attached hydrogen (secondary N) is 1. The predicted molar refractivity (Wildman–Crippen MR) is 196 cm³/mol. The molecule has 0 radical (unpaired) electrons. The van der Waals surface area contributed by atoms with E-state index in [0.29, 0.717) is 29.4 Å². The molecule has 2 amide bonds. The van der Waals surface area contributed by atoms with Gasteiger partial charge in [-0.3, -0.25) is 18.7 Å². The third-order valence-electron chi connectivity index (χ3n) is 9.27. The molecule has 0 aliphatic carbocycles. The Kier molecular flexibility index (Phi) is 10.9. The highest BCUT2D eigenvalue weighted by atomic mass is 79.9. The summed E-state index contributed by atoms with van der Waals surface area (Å²) in [5.74, 6) is -0.214. The minimum Gasteiger partial charge on any atom is -0.492 e. The highest BCUT2D eigenvalue weighted by molar-refractivity contribution is 9.10. The fraction of sp³-hybridized carbons (Fsp3) is 0.289. The van der Waals surface area contributed by atoms with E-state index in [1.165, 1.54) is 26.2 Å². The normalized spacial score (nSPS) is 14.9. The van der Waals surface area contributed by atoms with Crippen molar-refractivity contribution in [3.05, 3.63) is 128 Å². The van der Waals surface area contributed by atoms with Gasteiger partial charge in [-0.05, 0) is 82.0 Å². The van der Waals surface area contributed by atoms with E-state index >= 15 is 0 Å². The minimum atomic E-state index is -4.69. The molecule has 11 nitrogen and oxygen atoms in total. The summed E-state index contributed by atoms with van der Waals surface area (Å²) < 4.78 is 49.7. The Morgan fingerprint density at radius 3 is 2.42 bits per heavy atom. The van der Waals surface area contributed by atoms with E-state index in [1.54, 1.807) is 49.6 Å². The van der Waals surface area contributed by atoms with E-state index in [-0.39, 0.29) is 47.1 Å². The highest BCUT2D eigenvalue weighted by Gasteiger charge is 2.37. The van der Waals surface area contributed by atoms with Crippen LogP contribution in [0.3, 0.4) is 0 Å². The molecule has 0 bridgehead atoms. The van der Waals surface area contributed by atoms with E-state index in [0.717, 1.165) is 11.6 Å². The van der Waals surface area contributed by atoms with Gasteiger partial charge in [0.25, 0.3) is 11.8 Å². The monoisotopic (exact) mass is 791 g/mol. The number of amides is 2. The zero-order valence-electron chi connectivity index (χ0n) is 29.4. The molecule has 6 rings (SSSR count). The number of carbonyl (C=O) groups excluding carboxylic acids is 2. The van der Waals surface area contributed by atoms with Gasteiger partial charge in [-0.15, -0.1) is 0 Å². The third-order valence-corrected chi connectivity index (χ3v) is 9.96. The average molecular weight is 793 g/mol. The van der Waals surface area contributed by atoms with Crippen LogP contribution in [0.2, 0.25) is 0 Å². The molecule has 276 valence electrons. The lowest BCUT2D eigenvalue weighted by Crippen LogP contribution is -2.47. The van der Waals surface area contributed by atoms with Crippen LogP contribution in [-0.2, 0) is 25.8 Å². The van der Waals surface area contributed by atoms with Gasteiger partial charge < -0.3 is 19.9 Å². The quantitative estimate of drug-likeness (QED) is 0.180. The number of carbonyl (C=O) groups is 2. The second-order valence-corrected chi connectivity index (χ2v) is 13.9. The standard InChI is InChI=1S/C38H37BrF3N7O4/c1-23-20-48-32(21-47(23)36(51)25-10-15-31(39)30(18-25)38(40,41)42)33(35(50)45-19-26-8-5-6-9-29(26)34-43-16-7-17-44-34)49(37(48)52)27-11-13-28(14-12-27)53-22-24(2)46(3)4/h5-18,23-24H,19-22H2,1-4H3,(H,45,50)/t23-,24+/m0/s1. The number of benzene rings is 3. The molecule has 3 heterocycles. The average Bonchev–Trinajstić information content (AvgIpc) is 3.43. The van der Waals surface area contributed by atoms with Gasteiger partial charge in [-0.2, -0.15) is 13.2 Å². The molecule has 0 saturated heterocycles. The second-order valence-electron chi connectivity index (χ2n) is 13.0. The van der Waals surface area contributed by atoms with Crippen molar-refractivity contribution in [1.29, 1.82) is 0 Å². The van der Waals surface area contributed by atoms with Crippen LogP contribution >= 0.6 is 15.9 Å². The second kappa shape index (κ2) is 15.4. The molecule has 5 aromatic rings. The van der Waals surface area contributed by atoms with Crippen molar-refractivity contribution >= 4 is 27.7 Å². The Hall–Kier alpha value is -5.28. The van der Waals surface area contributed by atoms with Gasteiger partial charge in [-0.25, -0.2) is 14.8 Å². The fourth-order valence-electron chi connectivity index (χ4n) is 6.05. The maximum Gasteiger partial charge on any atom is 0.417 e. The molecule has 2 aromatic heterocycles. The van der Waals surface area contributed by atoms with Crippen LogP contribution in [0.25, 0.3) is 17.1 Å². The maximum atomic E-state index is 14.3. The first-order chi connectivity index (χ1) is 25.2. The van der Waals surface area contributed by atoms with Crippen LogP contribution < -0.4 is 15.7 Å². The molecule has 0 unspecified atom stereocenters. The first-order valence-corrected chi connectivity index (χ1v) is 17.6. The Morgan fingerprint density at radius 2 is 1.74 bits per heavy atom. The summed E-state index contributed by atoms with van der Waals surface area (Å²) in [5.41, 5.74) is 0.405. The molecule has 2 atom stereocenters. The molecule has 15 heteroatoms. The fourth-order valence-corrected chi connectivity index (χ4v) is 6.52. The van der Waals surface area contributed by atoms with Crippen molar-refractivity contribution in [3.8, 4) is 22.8 Å². The van der Waals surface area contributed by atoms with Gasteiger partial charge in [0.15, 0.2) is 5.82 Å². The number of imidazole rings is 1. The number of likely N-dealkylation sites (N-methyl/N-ethyl adjacent to an activating group) is 1. The van der Waals surface area contributed by atoms with Crippen LogP contribution in [0.5, 0.6) is 5.75 Å². The zero-order valence-corrected chi connectivity index (χ0v) is 31.0. The van der Waals surface area contributed by atoms with Crippen molar-refractivity contribution in [2.75, 3.05) is 20.7 Å². The molecule has 0 spiro atoms. The van der Waals surface area contributed by atoms with E-state index in [9.17, 15) is 27.6 Å². The van der Waals surface area contributed by atoms with Crippen LogP contribution in [0.1, 0.15) is 51.5 Å². The number of alkyl halides is 3. The topological polar surface area (TPSA) is 115 Å². The van der Waals surface area contributed by atoms with Gasteiger partial charge >= 0.3 is 11.9 Å². The number of nitrogens with zero attached hydrogens (tertiary/aromatic N) is 6. The summed E-state index contributed by atoms with van der Waals surface area (Å²) in [6.45, 7) is 4.02. The molecule has 3 aromatic carbocycles. The Balaban J connectivity index is 1.38. The summed E-state index contributed by atoms with van der Waals surface area (Å²) in [6, 6.07) is 18.7. The Labute approximate surface area is 312 Å². The van der Waals surface area contributed by atoms with Gasteiger partial charge in [0.05, 0.1) is 23.5 Å². The van der Waals surface area contributed by atoms with E-state index in [1.807, 2.05) is 50.2 Å². The van der Waals surface area contributed by atoms with Crippen LogP contribution in [0.4, 0.5) is 13.2 Å². The van der Waals surface area contributed by atoms with Gasteiger partial charge in [-0.1, -0.05) is 40.2 Å². The molecule has 1 N–H and O–H groups in total. The summed E-state index contributed by atoms with van der Waals surface area (Å²) in [5, 5.41) is 2.94. The summed E-state index contributed by atoms with van der Waals surface area (Å²) in [4.78, 5) is 54.4. The summed E-state index contributed by atoms with van der Waals surface area (Å²) in [6.07, 6.45) is -1.45. The van der Waals surface area contributed by atoms with Crippen molar-refractivity contribution in [2.45, 2.75) is 51.7 Å². The van der Waals surface area contributed by atoms with Crippen molar-refractivity contribution < 1.29 is 27.5 Å². The number of hydrogen-bond acceptors (Lipinski definition) is 7. The molecular formula is C38H37BrF3N7O4. The number of fused-ring (bicyclic) bond motifs is 1. The maximum absolute atomic E-state index is 14.3. The van der Waals surface area contributed by atoms with E-state index in [4.69, 9.17) is 4.74 Å². The van der Waals surface area contributed by atoms with Crippen molar-refractivity contribution in [1.82, 2.24) is 34.2 Å². The smallest absolute Gasteiger partial charge is 0.417 e. The molecule has 53 heavy (non-hydrogen) atoms. The zero-order chi connectivity index (χ0) is 38.0. The summed E-state index contributed by atoms with van der Waals surface area (Å²) in [7, 11) is 3.90. The first-order valence-electron chi connectivity index (χ1n) is 16.8. The number of rotatable bonds is 10. The minimum absolute atomic E-state index is 0.00479. The van der Waals surface area contributed by atoms with Crippen LogP contribution in [0.15, 0.2) is 94.5 Å². The van der Waals surface area contributed by atoms with Gasteiger partial charge in [0.1, 0.15) is 18.1 Å². The molecule has 0 saturated carbocycles.